The molecule has 184 valence electrons. The molecule has 0 N–H and O–H groups in total. The molecule has 0 unspecified atom stereocenters. The molecule has 3 saturated carbocycles. The van der Waals surface area contributed by atoms with Gasteiger partial charge in [0.25, 0.3) is 0 Å². The molecule has 0 amide bonds. The predicted molar refractivity (Wildman–Crippen MR) is 126 cm³/mol. The zero-order valence-electron chi connectivity index (χ0n) is 20.7. The van der Waals surface area contributed by atoms with Gasteiger partial charge in [-0.2, -0.15) is 0 Å². The molecule has 6 nitrogen and oxygen atoms in total. The third kappa shape index (κ3) is 4.30. The lowest BCUT2D eigenvalue weighted by atomic mass is 9.50. The number of rotatable bonds is 4. The Balaban J connectivity index is 1.51. The number of esters is 3. The van der Waals surface area contributed by atoms with E-state index >= 15 is 0 Å². The van der Waals surface area contributed by atoms with Crippen LogP contribution >= 0.6 is 0 Å². The summed E-state index contributed by atoms with van der Waals surface area (Å²) in [6, 6.07) is 0. The van der Waals surface area contributed by atoms with E-state index in [4.69, 9.17) is 20.6 Å². The minimum Gasteiger partial charge on any atom is -0.458 e. The molecule has 0 heterocycles. The molecule has 0 bridgehead atoms. The highest BCUT2D eigenvalue weighted by atomic mass is 16.6. The van der Waals surface area contributed by atoms with Crippen LogP contribution in [0.1, 0.15) is 79.1 Å². The van der Waals surface area contributed by atoms with E-state index in [-0.39, 0.29) is 23.2 Å². The van der Waals surface area contributed by atoms with Crippen molar-refractivity contribution in [2.24, 2.45) is 29.1 Å². The number of ether oxygens (including phenoxy) is 3. The summed E-state index contributed by atoms with van der Waals surface area (Å²) in [5, 5.41) is 0. The van der Waals surface area contributed by atoms with E-state index in [9.17, 15) is 14.4 Å². The van der Waals surface area contributed by atoms with Gasteiger partial charge in [-0.1, -0.05) is 18.4 Å². The van der Waals surface area contributed by atoms with Crippen molar-refractivity contribution in [2.45, 2.75) is 90.8 Å². The Morgan fingerprint density at radius 1 is 1.03 bits per heavy atom. The maximum absolute atomic E-state index is 12.7. The lowest BCUT2D eigenvalue weighted by molar-refractivity contribution is -0.164. The van der Waals surface area contributed by atoms with E-state index in [1.165, 1.54) is 25.5 Å². The molecule has 34 heavy (non-hydrogen) atoms. The normalized spacial score (nSPS) is 38.9. The average Bonchev–Trinajstić information content (AvgIpc) is 3.04. The van der Waals surface area contributed by atoms with Gasteiger partial charge in [0, 0.05) is 19.3 Å². The quantitative estimate of drug-likeness (QED) is 0.146. The first kappa shape index (κ1) is 24.6. The summed E-state index contributed by atoms with van der Waals surface area (Å²) in [5.41, 5.74) is 0.231. The van der Waals surface area contributed by atoms with E-state index in [1.807, 2.05) is 0 Å². The van der Waals surface area contributed by atoms with Gasteiger partial charge in [-0.05, 0) is 88.0 Å². The first-order chi connectivity index (χ1) is 16.1. The Labute approximate surface area is 202 Å². The third-order valence-electron chi connectivity index (χ3n) is 8.98. The molecule has 4 aliphatic carbocycles. The highest BCUT2D eigenvalue weighted by Gasteiger charge is 2.64. The van der Waals surface area contributed by atoms with E-state index in [1.54, 1.807) is 6.92 Å². The number of hydrogen-bond acceptors (Lipinski definition) is 6. The van der Waals surface area contributed by atoms with Gasteiger partial charge in [-0.3, -0.25) is 9.59 Å². The van der Waals surface area contributed by atoms with Gasteiger partial charge in [0.1, 0.15) is 11.9 Å². The number of carbonyl (C=O) groups excluding carboxylic acids is 3. The van der Waals surface area contributed by atoms with E-state index in [0.29, 0.717) is 30.1 Å². The summed E-state index contributed by atoms with van der Waals surface area (Å²) in [6.45, 7) is 6.53. The van der Waals surface area contributed by atoms with Gasteiger partial charge in [-0.25, -0.2) is 4.79 Å². The zero-order chi connectivity index (χ0) is 24.7. The smallest absolute Gasteiger partial charge is 0.335 e. The number of hydrogen-bond donors (Lipinski definition) is 0. The highest BCUT2D eigenvalue weighted by Crippen LogP contribution is 2.65. The maximum atomic E-state index is 12.7. The molecule has 4 rings (SSSR count). The lowest BCUT2D eigenvalue weighted by Crippen LogP contribution is -2.53. The van der Waals surface area contributed by atoms with Gasteiger partial charge in [0.2, 0.25) is 0 Å². The molecule has 7 atom stereocenters. The van der Waals surface area contributed by atoms with Crippen LogP contribution in [0.3, 0.4) is 0 Å². The van der Waals surface area contributed by atoms with Crippen molar-refractivity contribution in [3.8, 4) is 12.3 Å². The number of fused-ring (bicyclic) bond motifs is 5. The summed E-state index contributed by atoms with van der Waals surface area (Å²) in [7, 11) is 0. The van der Waals surface area contributed by atoms with Crippen molar-refractivity contribution in [1.82, 2.24) is 0 Å². The van der Waals surface area contributed by atoms with Crippen LogP contribution in [0.2, 0.25) is 0 Å². The monoisotopic (exact) mass is 468 g/mol. The number of carbonyl (C=O) groups is 3. The fraction of sp³-hybridized carbons (Fsp3) is 0.679. The summed E-state index contributed by atoms with van der Waals surface area (Å²) in [6.07, 6.45) is 17.1. The Morgan fingerprint density at radius 3 is 2.47 bits per heavy atom. The van der Waals surface area contributed by atoms with Crippen molar-refractivity contribution in [3.05, 3.63) is 23.5 Å². The Kier molecular flexibility index (Phi) is 6.68. The molecule has 0 saturated heterocycles. The van der Waals surface area contributed by atoms with Gasteiger partial charge >= 0.3 is 17.9 Å². The molecule has 6 heteroatoms. The Hall–Kier alpha value is -2.55. The second kappa shape index (κ2) is 9.24. The van der Waals surface area contributed by atoms with Crippen molar-refractivity contribution < 1.29 is 28.6 Å². The van der Waals surface area contributed by atoms with Crippen LogP contribution < -0.4 is 0 Å². The first-order valence-electron chi connectivity index (χ1n) is 12.5. The van der Waals surface area contributed by atoms with Crippen LogP contribution in [0, 0.1) is 41.4 Å². The van der Waals surface area contributed by atoms with Gasteiger partial charge in [0.05, 0.1) is 6.08 Å². The topological polar surface area (TPSA) is 78.9 Å². The van der Waals surface area contributed by atoms with Crippen molar-refractivity contribution in [3.63, 3.8) is 0 Å². The third-order valence-corrected chi connectivity index (χ3v) is 8.98. The first-order valence-corrected chi connectivity index (χ1v) is 12.5. The molecular weight excluding hydrogens is 432 g/mol. The predicted octanol–water partition coefficient (Wildman–Crippen LogP) is 4.87. The maximum Gasteiger partial charge on any atom is 0.335 e. The van der Waals surface area contributed by atoms with Crippen LogP contribution in [-0.2, 0) is 28.6 Å². The fourth-order valence-corrected chi connectivity index (χ4v) is 7.66. The second-order valence-corrected chi connectivity index (χ2v) is 10.8. The van der Waals surface area contributed by atoms with Crippen molar-refractivity contribution in [2.75, 3.05) is 0 Å². The van der Waals surface area contributed by atoms with Crippen LogP contribution in [0.15, 0.2) is 23.5 Å². The molecule has 0 radical (unpaired) electrons. The minimum absolute atomic E-state index is 0.0855. The molecular formula is C28H36O6. The SMILES string of the molecule is C#C[C@]1(OC(=O)/C=C(/C)OC(C)=O)CC[C@H]2[C@@H]3CCC4=C[C@@H](OC(C)=O)CC[C@@H]4[C@H]3CC[C@@]21C. The summed E-state index contributed by atoms with van der Waals surface area (Å²) >= 11 is 0. The largest absolute Gasteiger partial charge is 0.458 e. The average molecular weight is 469 g/mol. The van der Waals surface area contributed by atoms with Gasteiger partial charge in [0.15, 0.2) is 5.60 Å². The zero-order valence-corrected chi connectivity index (χ0v) is 20.7. The molecule has 4 aliphatic rings. The van der Waals surface area contributed by atoms with E-state index in [2.05, 4.69) is 18.9 Å². The fourth-order valence-electron chi connectivity index (χ4n) is 7.66. The van der Waals surface area contributed by atoms with E-state index in [0.717, 1.165) is 44.9 Å². The van der Waals surface area contributed by atoms with Crippen LogP contribution in [0.4, 0.5) is 0 Å². The molecule has 0 spiro atoms. The molecule has 0 aromatic carbocycles. The summed E-state index contributed by atoms with van der Waals surface area (Å²) in [5.74, 6) is 3.95. The summed E-state index contributed by atoms with van der Waals surface area (Å²) in [4.78, 5) is 35.3. The molecule has 3 fully saturated rings. The van der Waals surface area contributed by atoms with Crippen LogP contribution in [0.25, 0.3) is 0 Å². The van der Waals surface area contributed by atoms with Crippen molar-refractivity contribution >= 4 is 17.9 Å². The minimum atomic E-state index is -0.949. The van der Waals surface area contributed by atoms with Crippen molar-refractivity contribution in [1.29, 1.82) is 0 Å². The number of allylic oxidation sites excluding steroid dienone is 2. The van der Waals surface area contributed by atoms with Gasteiger partial charge in [-0.15, -0.1) is 6.42 Å². The summed E-state index contributed by atoms with van der Waals surface area (Å²) < 4.78 is 16.4. The van der Waals surface area contributed by atoms with Crippen LogP contribution in [-0.4, -0.2) is 29.6 Å². The lowest BCUT2D eigenvalue weighted by Gasteiger charge is -2.55. The molecule has 0 aromatic rings. The molecule has 0 aromatic heterocycles. The number of terminal acetylenes is 1. The Bertz CT molecular complexity index is 970. The highest BCUT2D eigenvalue weighted by molar-refractivity contribution is 5.83. The van der Waals surface area contributed by atoms with Gasteiger partial charge < -0.3 is 14.2 Å². The molecule has 0 aliphatic heterocycles. The van der Waals surface area contributed by atoms with Crippen LogP contribution in [0.5, 0.6) is 0 Å². The second-order valence-electron chi connectivity index (χ2n) is 10.8. The van der Waals surface area contributed by atoms with E-state index < -0.39 is 17.5 Å². The standard InChI is InChI=1S/C28H36O6/c1-6-28(34-26(31)15-17(2)32-18(3)29)14-12-25-24-9-7-20-16-21(33-19(4)30)8-10-22(20)23(24)11-13-27(25,28)5/h1,15-16,21-25H,7-14H2,2-5H3/b17-15-/t21-,22-,23+,24+,25-,27-,28-/m0/s1. The Morgan fingerprint density at radius 2 is 1.79 bits per heavy atom.